The van der Waals surface area contributed by atoms with Crippen LogP contribution >= 0.6 is 0 Å². The van der Waals surface area contributed by atoms with E-state index in [0.29, 0.717) is 6.61 Å². The van der Waals surface area contributed by atoms with Crippen molar-refractivity contribution in [2.75, 3.05) is 19.8 Å². The van der Waals surface area contributed by atoms with Crippen LogP contribution in [0.1, 0.15) is 38.5 Å². The van der Waals surface area contributed by atoms with Gasteiger partial charge in [-0.3, -0.25) is 0 Å². The van der Waals surface area contributed by atoms with E-state index in [1.165, 1.54) is 0 Å². The Kier molecular flexibility index (Phi) is 9.34. The van der Waals surface area contributed by atoms with Gasteiger partial charge in [0.1, 0.15) is 24.4 Å². The lowest BCUT2D eigenvalue weighted by atomic mass is 9.99. The van der Waals surface area contributed by atoms with Crippen molar-refractivity contribution >= 4 is 0 Å². The molecule has 21 heavy (non-hydrogen) atoms. The van der Waals surface area contributed by atoms with Crippen molar-refractivity contribution in [3.8, 4) is 0 Å². The van der Waals surface area contributed by atoms with Crippen molar-refractivity contribution in [2.24, 2.45) is 0 Å². The molecular formula is C14H28O7. The van der Waals surface area contributed by atoms with E-state index in [9.17, 15) is 15.3 Å². The minimum Gasteiger partial charge on any atom is -0.396 e. The Morgan fingerprint density at radius 3 is 2.00 bits per heavy atom. The molecule has 0 spiro atoms. The van der Waals surface area contributed by atoms with Crippen LogP contribution in [0, 0.1) is 0 Å². The second-order valence-electron chi connectivity index (χ2n) is 5.41. The van der Waals surface area contributed by atoms with Gasteiger partial charge in [-0.25, -0.2) is 0 Å². The van der Waals surface area contributed by atoms with Gasteiger partial charge >= 0.3 is 0 Å². The van der Waals surface area contributed by atoms with E-state index in [2.05, 4.69) is 0 Å². The molecule has 126 valence electrons. The lowest BCUT2D eigenvalue weighted by Crippen LogP contribution is -2.59. The molecule has 0 bridgehead atoms. The topological polar surface area (TPSA) is 120 Å². The first kappa shape index (κ1) is 18.8. The summed E-state index contributed by atoms with van der Waals surface area (Å²) in [6.45, 7) is 0.165. The van der Waals surface area contributed by atoms with Crippen molar-refractivity contribution in [3.63, 3.8) is 0 Å². The Hall–Kier alpha value is -0.280. The zero-order valence-electron chi connectivity index (χ0n) is 12.3. The molecule has 5 atom stereocenters. The first-order chi connectivity index (χ1) is 10.1. The SMILES string of the molecule is OCCCCCCCCO[C@@H]1O[C@H](CO)[C@@H](O)[C@H](O)[C@H]1O. The van der Waals surface area contributed by atoms with E-state index in [0.717, 1.165) is 38.5 Å². The summed E-state index contributed by atoms with van der Waals surface area (Å²) < 4.78 is 10.6. The maximum Gasteiger partial charge on any atom is 0.186 e. The fourth-order valence-electron chi connectivity index (χ4n) is 2.33. The van der Waals surface area contributed by atoms with E-state index in [1.807, 2.05) is 0 Å². The van der Waals surface area contributed by atoms with Crippen LogP contribution in [0.3, 0.4) is 0 Å². The highest BCUT2D eigenvalue weighted by Gasteiger charge is 2.43. The fraction of sp³-hybridized carbons (Fsp3) is 1.00. The fourth-order valence-corrected chi connectivity index (χ4v) is 2.33. The highest BCUT2D eigenvalue weighted by atomic mass is 16.7. The van der Waals surface area contributed by atoms with Gasteiger partial charge in [0.2, 0.25) is 0 Å². The number of ether oxygens (including phenoxy) is 2. The number of rotatable bonds is 10. The van der Waals surface area contributed by atoms with E-state index in [1.54, 1.807) is 0 Å². The first-order valence-electron chi connectivity index (χ1n) is 7.64. The molecule has 7 heteroatoms. The Bertz CT molecular complexity index is 262. The number of hydrogen-bond acceptors (Lipinski definition) is 7. The molecule has 0 unspecified atom stereocenters. The molecule has 0 saturated carbocycles. The molecule has 1 saturated heterocycles. The van der Waals surface area contributed by atoms with Crippen molar-refractivity contribution in [1.29, 1.82) is 0 Å². The second kappa shape index (κ2) is 10.4. The average molecular weight is 308 g/mol. The third kappa shape index (κ3) is 6.15. The van der Waals surface area contributed by atoms with Crippen LogP contribution in [0.5, 0.6) is 0 Å². The Labute approximate surface area is 125 Å². The zero-order chi connectivity index (χ0) is 15.7. The molecule has 0 aromatic carbocycles. The number of unbranched alkanes of at least 4 members (excludes halogenated alkanes) is 5. The van der Waals surface area contributed by atoms with Crippen LogP contribution in [-0.4, -0.2) is 76.1 Å². The number of aliphatic hydroxyl groups excluding tert-OH is 5. The number of hydrogen-bond donors (Lipinski definition) is 5. The lowest BCUT2D eigenvalue weighted by molar-refractivity contribution is -0.301. The van der Waals surface area contributed by atoms with Crippen molar-refractivity contribution in [3.05, 3.63) is 0 Å². The molecule has 0 aliphatic carbocycles. The van der Waals surface area contributed by atoms with Crippen LogP contribution < -0.4 is 0 Å². The van der Waals surface area contributed by atoms with Gasteiger partial charge in [-0.2, -0.15) is 0 Å². The second-order valence-corrected chi connectivity index (χ2v) is 5.41. The van der Waals surface area contributed by atoms with Gasteiger partial charge in [0, 0.05) is 13.2 Å². The lowest BCUT2D eigenvalue weighted by Gasteiger charge is -2.39. The van der Waals surface area contributed by atoms with Crippen molar-refractivity contribution in [1.82, 2.24) is 0 Å². The smallest absolute Gasteiger partial charge is 0.186 e. The molecule has 5 N–H and O–H groups in total. The molecule has 1 fully saturated rings. The summed E-state index contributed by atoms with van der Waals surface area (Å²) in [6.07, 6.45) is -0.272. The third-order valence-electron chi connectivity index (χ3n) is 3.68. The van der Waals surface area contributed by atoms with Gasteiger partial charge in [-0.1, -0.05) is 25.7 Å². The van der Waals surface area contributed by atoms with Gasteiger partial charge in [-0.05, 0) is 12.8 Å². The van der Waals surface area contributed by atoms with E-state index in [4.69, 9.17) is 19.7 Å². The van der Waals surface area contributed by atoms with Gasteiger partial charge in [-0.15, -0.1) is 0 Å². The predicted molar refractivity (Wildman–Crippen MR) is 74.5 cm³/mol. The van der Waals surface area contributed by atoms with Crippen molar-refractivity contribution in [2.45, 2.75) is 69.2 Å². The minimum atomic E-state index is -1.39. The average Bonchev–Trinajstić information content (AvgIpc) is 2.49. The summed E-state index contributed by atoms with van der Waals surface area (Å²) >= 11 is 0. The molecular weight excluding hydrogens is 280 g/mol. The summed E-state index contributed by atoms with van der Waals surface area (Å²) in [7, 11) is 0. The predicted octanol–water partition coefficient (Wildman–Crippen LogP) is -0.864. The van der Waals surface area contributed by atoms with E-state index >= 15 is 0 Å². The molecule has 1 heterocycles. The molecule has 1 rings (SSSR count). The van der Waals surface area contributed by atoms with E-state index < -0.39 is 37.3 Å². The largest absolute Gasteiger partial charge is 0.396 e. The standard InChI is InChI=1S/C14H28O7/c15-7-5-3-1-2-4-6-8-20-14-13(19)12(18)11(17)10(9-16)21-14/h10-19H,1-9H2/t10-,11-,12+,13-,14-/m1/s1. The highest BCUT2D eigenvalue weighted by Crippen LogP contribution is 2.22. The summed E-state index contributed by atoms with van der Waals surface area (Å²) in [4.78, 5) is 0. The molecule has 0 radical (unpaired) electrons. The maximum absolute atomic E-state index is 9.76. The van der Waals surface area contributed by atoms with Gasteiger partial charge in [0.15, 0.2) is 6.29 Å². The molecule has 1 aliphatic heterocycles. The number of aliphatic hydroxyl groups is 5. The van der Waals surface area contributed by atoms with Crippen LogP contribution in [-0.2, 0) is 9.47 Å². The maximum atomic E-state index is 9.76. The summed E-state index contributed by atoms with van der Waals surface area (Å²) in [5, 5.41) is 46.7. The Balaban J connectivity index is 2.16. The zero-order valence-corrected chi connectivity index (χ0v) is 12.3. The van der Waals surface area contributed by atoms with E-state index in [-0.39, 0.29) is 6.61 Å². The third-order valence-corrected chi connectivity index (χ3v) is 3.68. The molecule has 7 nitrogen and oxygen atoms in total. The molecule has 0 aromatic rings. The Morgan fingerprint density at radius 2 is 1.38 bits per heavy atom. The van der Waals surface area contributed by atoms with Crippen LogP contribution in [0.15, 0.2) is 0 Å². The molecule has 0 amide bonds. The van der Waals surface area contributed by atoms with Gasteiger partial charge < -0.3 is 35.0 Å². The normalized spacial score (nSPS) is 33.3. The first-order valence-corrected chi connectivity index (χ1v) is 7.64. The quantitative estimate of drug-likeness (QED) is 0.333. The summed E-state index contributed by atoms with van der Waals surface area (Å²) in [5.41, 5.74) is 0. The van der Waals surface area contributed by atoms with Crippen molar-refractivity contribution < 1.29 is 35.0 Å². The summed E-state index contributed by atoms with van der Waals surface area (Å²) in [6, 6.07) is 0. The van der Waals surface area contributed by atoms with Gasteiger partial charge in [0.05, 0.1) is 6.61 Å². The molecule has 0 aromatic heterocycles. The monoisotopic (exact) mass is 308 g/mol. The van der Waals surface area contributed by atoms with Crippen LogP contribution in [0.4, 0.5) is 0 Å². The minimum absolute atomic E-state index is 0.236. The van der Waals surface area contributed by atoms with Crippen LogP contribution in [0.2, 0.25) is 0 Å². The van der Waals surface area contributed by atoms with Gasteiger partial charge in [0.25, 0.3) is 0 Å². The van der Waals surface area contributed by atoms with Crippen LogP contribution in [0.25, 0.3) is 0 Å². The summed E-state index contributed by atoms with van der Waals surface area (Å²) in [5.74, 6) is 0. The Morgan fingerprint density at radius 1 is 0.762 bits per heavy atom. The highest BCUT2D eigenvalue weighted by molar-refractivity contribution is 4.88. The molecule has 1 aliphatic rings.